The largest absolute Gasteiger partial charge is 0.493 e. The molecular formula is C38H56N2O3. The Morgan fingerprint density at radius 1 is 0.884 bits per heavy atom. The second kappa shape index (κ2) is 18.6. The molecule has 0 fully saturated rings. The van der Waals surface area contributed by atoms with Crippen molar-refractivity contribution in [1.82, 2.24) is 0 Å². The normalized spacial score (nSPS) is 16.2. The number of allylic oxidation sites excluding steroid dienone is 1. The quantitative estimate of drug-likeness (QED) is 0.145. The lowest BCUT2D eigenvalue weighted by molar-refractivity contribution is -0.116. The molecule has 0 aliphatic carbocycles. The lowest BCUT2D eigenvalue weighted by Crippen LogP contribution is -2.29. The molecule has 0 saturated heterocycles. The van der Waals surface area contributed by atoms with Gasteiger partial charge in [-0.2, -0.15) is 0 Å². The molecule has 1 amide bonds. The van der Waals surface area contributed by atoms with E-state index in [1.807, 2.05) is 41.4 Å². The van der Waals surface area contributed by atoms with Gasteiger partial charge in [0, 0.05) is 30.8 Å². The van der Waals surface area contributed by atoms with Crippen molar-refractivity contribution < 1.29 is 14.3 Å². The summed E-state index contributed by atoms with van der Waals surface area (Å²) in [5.74, 6) is 1.48. The highest BCUT2D eigenvalue weighted by Crippen LogP contribution is 2.34. The first kappa shape index (κ1) is 34.4. The van der Waals surface area contributed by atoms with Crippen molar-refractivity contribution in [2.24, 2.45) is 10.4 Å². The summed E-state index contributed by atoms with van der Waals surface area (Å²) in [5.41, 5.74) is 4.44. The number of carbonyl (C=O) groups is 1. The standard InChI is InChI=1S/C38H56N2O3/c1-6-7-8-9-10-11-12-13-14-15-16-17-25-43-36-22-21-34(27-37(36)42-5)29-40(32(3)41)35-20-18-19-33(26-35)28-38(4)30-39-24-23-31(38)2/h18-24,26-27H,6-17,25,28-30H2,1-5H3. The van der Waals surface area contributed by atoms with E-state index in [4.69, 9.17) is 9.47 Å². The van der Waals surface area contributed by atoms with E-state index in [2.05, 4.69) is 44.0 Å². The van der Waals surface area contributed by atoms with Crippen LogP contribution < -0.4 is 14.4 Å². The van der Waals surface area contributed by atoms with Crippen molar-refractivity contribution in [2.45, 2.75) is 118 Å². The lowest BCUT2D eigenvalue weighted by atomic mass is 9.76. The van der Waals surface area contributed by atoms with Gasteiger partial charge in [0.15, 0.2) is 11.5 Å². The maximum Gasteiger partial charge on any atom is 0.224 e. The lowest BCUT2D eigenvalue weighted by Gasteiger charge is -2.31. The molecule has 0 saturated carbocycles. The number of carbonyl (C=O) groups excluding carboxylic acids is 1. The number of rotatable bonds is 20. The fourth-order valence-corrected chi connectivity index (χ4v) is 5.85. The highest BCUT2D eigenvalue weighted by atomic mass is 16.5. The van der Waals surface area contributed by atoms with Crippen LogP contribution in [0, 0.1) is 5.41 Å². The molecule has 1 atom stereocenters. The molecule has 1 aliphatic rings. The number of aliphatic imine (C=N–C) groups is 1. The molecule has 5 heteroatoms. The number of ether oxygens (including phenoxy) is 2. The van der Waals surface area contributed by atoms with E-state index in [-0.39, 0.29) is 11.3 Å². The molecule has 2 aromatic carbocycles. The number of unbranched alkanes of at least 4 members (excludes halogenated alkanes) is 11. The first-order valence-electron chi connectivity index (χ1n) is 16.7. The summed E-state index contributed by atoms with van der Waals surface area (Å²) in [5, 5.41) is 0. The van der Waals surface area contributed by atoms with Crippen LogP contribution in [0.25, 0.3) is 0 Å². The van der Waals surface area contributed by atoms with E-state index in [9.17, 15) is 4.79 Å². The number of nitrogens with zero attached hydrogens (tertiary/aromatic N) is 2. The van der Waals surface area contributed by atoms with Gasteiger partial charge in [-0.05, 0) is 61.2 Å². The maximum atomic E-state index is 12.8. The third-order valence-electron chi connectivity index (χ3n) is 8.84. The van der Waals surface area contributed by atoms with Crippen LogP contribution in [0.3, 0.4) is 0 Å². The van der Waals surface area contributed by atoms with Crippen LogP contribution in [0.2, 0.25) is 0 Å². The summed E-state index contributed by atoms with van der Waals surface area (Å²) >= 11 is 0. The highest BCUT2D eigenvalue weighted by Gasteiger charge is 2.28. The molecule has 1 unspecified atom stereocenters. The number of hydrogen-bond donors (Lipinski definition) is 0. The SMILES string of the molecule is CCCCCCCCCCCCCCOc1ccc(CN(C(C)=O)c2cccc(CC3(C)CN=CC=C3C)c2)cc1OC. The van der Waals surface area contributed by atoms with Gasteiger partial charge in [-0.25, -0.2) is 0 Å². The zero-order valence-corrected chi connectivity index (χ0v) is 27.6. The fourth-order valence-electron chi connectivity index (χ4n) is 5.85. The smallest absolute Gasteiger partial charge is 0.224 e. The summed E-state index contributed by atoms with van der Waals surface area (Å²) in [7, 11) is 1.67. The van der Waals surface area contributed by atoms with Crippen LogP contribution >= 0.6 is 0 Å². The van der Waals surface area contributed by atoms with E-state index < -0.39 is 0 Å². The van der Waals surface area contributed by atoms with Crippen LogP contribution in [0.1, 0.15) is 116 Å². The summed E-state index contributed by atoms with van der Waals surface area (Å²) in [4.78, 5) is 19.1. The minimum atomic E-state index is -0.00906. The van der Waals surface area contributed by atoms with Crippen molar-refractivity contribution in [2.75, 3.05) is 25.2 Å². The Balaban J connectivity index is 1.47. The molecule has 1 heterocycles. The van der Waals surface area contributed by atoms with E-state index in [1.54, 1.807) is 14.0 Å². The first-order chi connectivity index (χ1) is 20.9. The number of benzene rings is 2. The van der Waals surface area contributed by atoms with Gasteiger partial charge in [0.2, 0.25) is 5.91 Å². The summed E-state index contributed by atoms with van der Waals surface area (Å²) < 4.78 is 11.8. The van der Waals surface area contributed by atoms with Gasteiger partial charge >= 0.3 is 0 Å². The Hall–Kier alpha value is -3.08. The minimum absolute atomic E-state index is 0.00738. The van der Waals surface area contributed by atoms with Crippen LogP contribution in [0.15, 0.2) is 59.1 Å². The molecular weight excluding hydrogens is 532 g/mol. The average Bonchev–Trinajstić information content (AvgIpc) is 3.00. The van der Waals surface area contributed by atoms with Crippen molar-refractivity contribution >= 4 is 17.8 Å². The molecule has 0 bridgehead atoms. The second-order valence-electron chi connectivity index (χ2n) is 12.6. The Morgan fingerprint density at radius 3 is 2.19 bits per heavy atom. The molecule has 1 aliphatic heterocycles. The average molecular weight is 589 g/mol. The number of hydrogen-bond acceptors (Lipinski definition) is 4. The van der Waals surface area contributed by atoms with E-state index in [1.165, 1.54) is 81.8 Å². The molecule has 0 N–H and O–H groups in total. The van der Waals surface area contributed by atoms with Crippen molar-refractivity contribution in [1.29, 1.82) is 0 Å². The number of amides is 1. The van der Waals surface area contributed by atoms with Gasteiger partial charge in [-0.15, -0.1) is 0 Å². The zero-order valence-electron chi connectivity index (χ0n) is 27.6. The number of dihydropyridines is 1. The topological polar surface area (TPSA) is 51.1 Å². The van der Waals surface area contributed by atoms with E-state index in [0.717, 1.165) is 36.4 Å². The number of methoxy groups -OCH3 is 1. The first-order valence-corrected chi connectivity index (χ1v) is 16.7. The highest BCUT2D eigenvalue weighted by molar-refractivity contribution is 5.91. The Kier molecular flexibility index (Phi) is 14.8. The van der Waals surface area contributed by atoms with Gasteiger partial charge in [0.05, 0.1) is 20.3 Å². The molecule has 43 heavy (non-hydrogen) atoms. The summed E-state index contributed by atoms with van der Waals surface area (Å²) in [6.45, 7) is 10.3. The van der Waals surface area contributed by atoms with Crippen molar-refractivity contribution in [3.05, 3.63) is 65.2 Å². The van der Waals surface area contributed by atoms with Crippen LogP contribution in [-0.2, 0) is 17.8 Å². The molecule has 3 rings (SSSR count). The predicted octanol–water partition coefficient (Wildman–Crippen LogP) is 9.91. The van der Waals surface area contributed by atoms with Crippen LogP contribution in [0.4, 0.5) is 5.69 Å². The summed E-state index contributed by atoms with van der Waals surface area (Å²) in [6, 6.07) is 14.3. The molecule has 236 valence electrons. The van der Waals surface area contributed by atoms with Gasteiger partial charge in [-0.3, -0.25) is 9.79 Å². The van der Waals surface area contributed by atoms with Gasteiger partial charge in [0.1, 0.15) is 0 Å². The monoisotopic (exact) mass is 588 g/mol. The Labute approximate surface area is 261 Å². The third-order valence-corrected chi connectivity index (χ3v) is 8.84. The fraction of sp³-hybridized carbons (Fsp3) is 0.579. The Bertz CT molecular complexity index is 1190. The van der Waals surface area contributed by atoms with Crippen molar-refractivity contribution in [3.63, 3.8) is 0 Å². The Morgan fingerprint density at radius 2 is 1.56 bits per heavy atom. The third kappa shape index (κ3) is 11.5. The molecule has 0 spiro atoms. The van der Waals surface area contributed by atoms with Gasteiger partial charge < -0.3 is 14.4 Å². The van der Waals surface area contributed by atoms with Gasteiger partial charge in [-0.1, -0.05) is 108 Å². The predicted molar refractivity (Wildman–Crippen MR) is 182 cm³/mol. The van der Waals surface area contributed by atoms with Gasteiger partial charge in [0.25, 0.3) is 0 Å². The second-order valence-corrected chi connectivity index (χ2v) is 12.6. The molecule has 0 radical (unpaired) electrons. The minimum Gasteiger partial charge on any atom is -0.493 e. The molecule has 2 aromatic rings. The van der Waals surface area contributed by atoms with E-state index >= 15 is 0 Å². The summed E-state index contributed by atoms with van der Waals surface area (Å²) in [6.07, 6.45) is 20.8. The molecule has 5 nitrogen and oxygen atoms in total. The van der Waals surface area contributed by atoms with Crippen LogP contribution in [0.5, 0.6) is 11.5 Å². The maximum absolute atomic E-state index is 12.8. The van der Waals surface area contributed by atoms with Crippen molar-refractivity contribution in [3.8, 4) is 11.5 Å². The van der Waals surface area contributed by atoms with Crippen LogP contribution in [-0.4, -0.2) is 32.4 Å². The van der Waals surface area contributed by atoms with E-state index in [0.29, 0.717) is 18.9 Å². The molecule has 0 aromatic heterocycles. The zero-order chi connectivity index (χ0) is 30.9. The number of anilines is 1.